The van der Waals surface area contributed by atoms with Gasteiger partial charge >= 0.3 is 5.97 Å². The van der Waals surface area contributed by atoms with Gasteiger partial charge in [0.05, 0.1) is 25.7 Å². The van der Waals surface area contributed by atoms with E-state index >= 15 is 0 Å². The van der Waals surface area contributed by atoms with Crippen LogP contribution in [0.25, 0.3) is 0 Å². The molecule has 0 aromatic heterocycles. The number of nitrogens with two attached hydrogens (primary N) is 1. The van der Waals surface area contributed by atoms with Crippen molar-refractivity contribution in [1.82, 2.24) is 5.59 Å². The Morgan fingerprint density at radius 1 is 1.53 bits per heavy atom. The summed E-state index contributed by atoms with van der Waals surface area (Å²) in [5.41, 5.74) is 1.83. The Morgan fingerprint density at radius 2 is 2.40 bits per heavy atom. The normalized spacial score (nSPS) is 21.3. The van der Waals surface area contributed by atoms with E-state index in [0.717, 1.165) is 19.4 Å². The predicted octanol–water partition coefficient (Wildman–Crippen LogP) is -0.116. The van der Waals surface area contributed by atoms with Crippen LogP contribution >= 0.6 is 0 Å². The van der Waals surface area contributed by atoms with Gasteiger partial charge in [0, 0.05) is 6.61 Å². The Balaban J connectivity index is 1.93. The predicted molar refractivity (Wildman–Crippen MR) is 52.4 cm³/mol. The number of hydrogen-bond acceptors (Lipinski definition) is 6. The van der Waals surface area contributed by atoms with E-state index in [1.54, 1.807) is 0 Å². The summed E-state index contributed by atoms with van der Waals surface area (Å²) in [7, 11) is 0. The molecule has 1 fully saturated rings. The van der Waals surface area contributed by atoms with Crippen LogP contribution in [0.3, 0.4) is 0 Å². The average molecular weight is 218 g/mol. The first kappa shape index (κ1) is 12.4. The fourth-order valence-electron chi connectivity index (χ4n) is 1.43. The zero-order valence-corrected chi connectivity index (χ0v) is 8.74. The van der Waals surface area contributed by atoms with E-state index in [-0.39, 0.29) is 12.5 Å². The van der Waals surface area contributed by atoms with Gasteiger partial charge < -0.3 is 14.3 Å². The van der Waals surface area contributed by atoms with Gasteiger partial charge in [0.2, 0.25) is 0 Å². The Bertz CT molecular complexity index is 183. The van der Waals surface area contributed by atoms with Crippen molar-refractivity contribution in [1.29, 1.82) is 0 Å². The molecule has 88 valence electrons. The second-order valence-electron chi connectivity index (χ2n) is 3.41. The summed E-state index contributed by atoms with van der Waals surface area (Å²) in [6.45, 7) is 1.69. The van der Waals surface area contributed by atoms with Crippen LogP contribution in [0.5, 0.6) is 0 Å². The highest BCUT2D eigenvalue weighted by Crippen LogP contribution is 2.12. The summed E-state index contributed by atoms with van der Waals surface area (Å²) in [6, 6.07) is 0. The number of rotatable bonds is 6. The van der Waals surface area contributed by atoms with Crippen LogP contribution in [0.4, 0.5) is 0 Å². The summed E-state index contributed by atoms with van der Waals surface area (Å²) in [5, 5.41) is 0. The fraction of sp³-hybridized carbons (Fsp3) is 0.889. The fourth-order valence-corrected chi connectivity index (χ4v) is 1.43. The summed E-state index contributed by atoms with van der Waals surface area (Å²) in [4.78, 5) is 15.1. The minimum Gasteiger partial charge on any atom is -0.378 e. The van der Waals surface area contributed by atoms with E-state index in [2.05, 4.69) is 4.84 Å². The van der Waals surface area contributed by atoms with Crippen LogP contribution in [0.2, 0.25) is 0 Å². The van der Waals surface area contributed by atoms with E-state index in [1.807, 2.05) is 5.59 Å². The van der Waals surface area contributed by atoms with Crippen molar-refractivity contribution >= 4 is 5.97 Å². The molecule has 1 saturated heterocycles. The van der Waals surface area contributed by atoms with Crippen molar-refractivity contribution < 1.29 is 19.1 Å². The zero-order chi connectivity index (χ0) is 10.9. The summed E-state index contributed by atoms with van der Waals surface area (Å²) in [6.07, 6.45) is 3.73. The third kappa shape index (κ3) is 5.68. The van der Waals surface area contributed by atoms with Gasteiger partial charge in [-0.2, -0.15) is 0 Å². The second kappa shape index (κ2) is 7.58. The third-order valence-electron chi connectivity index (χ3n) is 2.20. The minimum absolute atomic E-state index is 0.183. The molecule has 0 amide bonds. The molecular formula is C9H18N2O4. The average Bonchev–Trinajstić information content (AvgIpc) is 2.26. The molecule has 1 aliphatic rings. The highest BCUT2D eigenvalue weighted by Gasteiger charge is 2.13. The smallest absolute Gasteiger partial charge is 0.328 e. The molecular weight excluding hydrogens is 200 g/mol. The summed E-state index contributed by atoms with van der Waals surface area (Å²) < 4.78 is 10.8. The number of carbonyl (C=O) groups is 1. The lowest BCUT2D eigenvalue weighted by atomic mass is 10.1. The lowest BCUT2D eigenvalue weighted by Crippen LogP contribution is -2.28. The van der Waals surface area contributed by atoms with Gasteiger partial charge in [0.1, 0.15) is 0 Å². The molecule has 3 N–H and O–H groups in total. The van der Waals surface area contributed by atoms with Crippen molar-refractivity contribution in [3.05, 3.63) is 0 Å². The molecule has 15 heavy (non-hydrogen) atoms. The maximum Gasteiger partial charge on any atom is 0.328 e. The lowest BCUT2D eigenvalue weighted by Gasteiger charge is -2.22. The molecule has 1 atom stereocenters. The molecule has 6 nitrogen and oxygen atoms in total. The zero-order valence-electron chi connectivity index (χ0n) is 8.74. The quantitative estimate of drug-likeness (QED) is 0.367. The van der Waals surface area contributed by atoms with Gasteiger partial charge in [0.15, 0.2) is 0 Å². The standard InChI is InChI=1S/C9H18N2O4/c10-11-15-9(12)4-6-13-7-8-3-1-2-5-14-8/h8,11H,1-7,10H2. The molecule has 0 radical (unpaired) electrons. The molecule has 1 rings (SSSR count). The van der Waals surface area contributed by atoms with Gasteiger partial charge in [-0.25, -0.2) is 5.84 Å². The van der Waals surface area contributed by atoms with Crippen LogP contribution in [0.15, 0.2) is 0 Å². The summed E-state index contributed by atoms with van der Waals surface area (Å²) in [5.74, 6) is 4.37. The largest absolute Gasteiger partial charge is 0.378 e. The molecule has 6 heteroatoms. The number of hydrazine groups is 1. The van der Waals surface area contributed by atoms with E-state index in [0.29, 0.717) is 13.2 Å². The van der Waals surface area contributed by atoms with E-state index in [9.17, 15) is 4.79 Å². The monoisotopic (exact) mass is 218 g/mol. The van der Waals surface area contributed by atoms with Crippen LogP contribution in [-0.2, 0) is 19.1 Å². The Hall–Kier alpha value is -0.690. The first-order valence-corrected chi connectivity index (χ1v) is 5.17. The van der Waals surface area contributed by atoms with Crippen molar-refractivity contribution in [2.45, 2.75) is 31.8 Å². The number of nitrogens with one attached hydrogen (secondary N) is 1. The first-order valence-electron chi connectivity index (χ1n) is 5.17. The second-order valence-corrected chi connectivity index (χ2v) is 3.41. The van der Waals surface area contributed by atoms with Crippen LogP contribution in [-0.4, -0.2) is 31.9 Å². The lowest BCUT2D eigenvalue weighted by molar-refractivity contribution is -0.152. The maximum atomic E-state index is 10.8. The SMILES string of the molecule is NNOC(=O)CCOCC1CCCCO1. The van der Waals surface area contributed by atoms with Crippen molar-refractivity contribution in [2.24, 2.45) is 5.84 Å². The molecule has 0 aromatic rings. The van der Waals surface area contributed by atoms with Gasteiger partial charge in [-0.15, -0.1) is 0 Å². The van der Waals surface area contributed by atoms with Crippen LogP contribution < -0.4 is 11.4 Å². The van der Waals surface area contributed by atoms with Gasteiger partial charge in [-0.05, 0) is 19.3 Å². The Morgan fingerprint density at radius 3 is 3.07 bits per heavy atom. The Labute approximate surface area is 89.0 Å². The number of ether oxygens (including phenoxy) is 2. The van der Waals surface area contributed by atoms with Crippen molar-refractivity contribution in [3.63, 3.8) is 0 Å². The molecule has 1 unspecified atom stereocenters. The van der Waals surface area contributed by atoms with Gasteiger partial charge in [-0.1, -0.05) is 5.59 Å². The van der Waals surface area contributed by atoms with Crippen molar-refractivity contribution in [3.8, 4) is 0 Å². The van der Waals surface area contributed by atoms with Crippen LogP contribution in [0.1, 0.15) is 25.7 Å². The van der Waals surface area contributed by atoms with E-state index < -0.39 is 5.97 Å². The number of hydrogen-bond donors (Lipinski definition) is 2. The molecule has 0 spiro atoms. The minimum atomic E-state index is -0.429. The number of carbonyl (C=O) groups excluding carboxylic acids is 1. The summed E-state index contributed by atoms with van der Waals surface area (Å²) >= 11 is 0. The van der Waals surface area contributed by atoms with Gasteiger partial charge in [-0.3, -0.25) is 4.79 Å². The third-order valence-corrected chi connectivity index (χ3v) is 2.20. The Kier molecular flexibility index (Phi) is 6.26. The van der Waals surface area contributed by atoms with Crippen LogP contribution in [0, 0.1) is 0 Å². The maximum absolute atomic E-state index is 10.8. The molecule has 0 aliphatic carbocycles. The highest BCUT2D eigenvalue weighted by atomic mass is 16.7. The molecule has 1 aliphatic heterocycles. The van der Waals surface area contributed by atoms with Gasteiger partial charge in [0.25, 0.3) is 0 Å². The highest BCUT2D eigenvalue weighted by molar-refractivity contribution is 5.69. The van der Waals surface area contributed by atoms with E-state index in [1.165, 1.54) is 6.42 Å². The molecule has 0 bridgehead atoms. The first-order chi connectivity index (χ1) is 7.33. The van der Waals surface area contributed by atoms with Crippen molar-refractivity contribution in [2.75, 3.05) is 19.8 Å². The van der Waals surface area contributed by atoms with E-state index in [4.69, 9.17) is 15.3 Å². The molecule has 0 saturated carbocycles. The molecule has 1 heterocycles. The molecule has 0 aromatic carbocycles. The topological polar surface area (TPSA) is 82.8 Å².